The molecule has 0 aromatic carbocycles. The van der Waals surface area contributed by atoms with Crippen LogP contribution in [0.15, 0.2) is 25.3 Å². The van der Waals surface area contributed by atoms with E-state index in [0.29, 0.717) is 0 Å². The van der Waals surface area contributed by atoms with E-state index in [2.05, 4.69) is 38.5 Å². The van der Waals surface area contributed by atoms with Crippen LogP contribution in [0, 0.1) is 0 Å². The molecule has 11 N–H and O–H groups in total. The van der Waals surface area contributed by atoms with Crippen molar-refractivity contribution >= 4 is 57.4 Å². The lowest BCUT2D eigenvalue weighted by molar-refractivity contribution is -0.0607. The fourth-order valence-electron chi connectivity index (χ4n) is 5.00. The van der Waals surface area contributed by atoms with Crippen molar-refractivity contribution in [2.45, 2.75) is 49.1 Å². The van der Waals surface area contributed by atoms with Gasteiger partial charge in [0.2, 0.25) is 0 Å². The predicted octanol–water partition coefficient (Wildman–Crippen LogP) is -2.56. The summed E-state index contributed by atoms with van der Waals surface area (Å²) >= 11 is 0. The van der Waals surface area contributed by atoms with Gasteiger partial charge in [-0.3, -0.25) is 18.2 Å². The Morgan fingerprint density at radius 2 is 1.10 bits per heavy atom. The van der Waals surface area contributed by atoms with Crippen molar-refractivity contribution in [2.24, 2.45) is 0 Å². The number of phosphoric acid groups is 3. The first-order chi connectivity index (χ1) is 23.0. The molecule has 0 amide bonds. The standard InChI is InChI=1S/C20H27N10O16P3/c21-15-9-17(25-3-23-15)29(5-27-9)19-13(33)11(31)7(43-19)1-41-49(40,46-48(38,39)45-47(35,36)37)42-2-8-12(32)14(34)20(44-8)30-6-28-10-16(22)24-4-26-18(10)30/h3-8,11-14,19-20,31-34H,1-2H2,(H,38,39)(H2,21,23,25)(H2,22,24,26)(H2,35,36,37)/t7-,8-,11?,12?,13?,14?,19-,20-,49?/m1/s1. The van der Waals surface area contributed by atoms with E-state index in [4.69, 9.17) is 39.8 Å². The third kappa shape index (κ3) is 7.22. The Balaban J connectivity index is 1.19. The third-order valence-corrected chi connectivity index (χ3v) is 11.4. The molecule has 0 bridgehead atoms. The van der Waals surface area contributed by atoms with E-state index in [1.54, 1.807) is 0 Å². The van der Waals surface area contributed by atoms with Crippen LogP contribution >= 0.6 is 23.5 Å². The molecule has 0 saturated carbocycles. The van der Waals surface area contributed by atoms with Gasteiger partial charge in [-0.1, -0.05) is 0 Å². The van der Waals surface area contributed by atoms with Gasteiger partial charge in [0.1, 0.15) is 60.3 Å². The van der Waals surface area contributed by atoms with E-state index in [0.717, 1.165) is 12.7 Å². The molecule has 49 heavy (non-hydrogen) atoms. The Hall–Kier alpha value is -3.13. The number of fused-ring (bicyclic) bond motifs is 2. The van der Waals surface area contributed by atoms with Gasteiger partial charge in [0.05, 0.1) is 25.9 Å². The second-order valence-electron chi connectivity index (χ2n) is 10.4. The summed E-state index contributed by atoms with van der Waals surface area (Å²) in [5.74, 6) is 0.00945. The molecule has 2 aliphatic rings. The number of phosphoric ester groups is 1. The van der Waals surface area contributed by atoms with E-state index >= 15 is 0 Å². The highest BCUT2D eigenvalue weighted by Crippen LogP contribution is 2.68. The molecule has 2 saturated heterocycles. The molecule has 0 radical (unpaired) electrons. The van der Waals surface area contributed by atoms with Crippen molar-refractivity contribution in [1.29, 1.82) is 0 Å². The van der Waals surface area contributed by atoms with Crippen LogP contribution in [0.5, 0.6) is 0 Å². The first-order valence-electron chi connectivity index (χ1n) is 13.6. The van der Waals surface area contributed by atoms with Crippen LogP contribution in [-0.2, 0) is 40.8 Å². The summed E-state index contributed by atoms with van der Waals surface area (Å²) < 4.78 is 69.2. The molecule has 4 aromatic rings. The minimum Gasteiger partial charge on any atom is -0.387 e. The molecular weight excluding hydrogens is 729 g/mol. The van der Waals surface area contributed by atoms with E-state index in [1.165, 1.54) is 21.8 Å². The third-order valence-electron chi connectivity index (χ3n) is 7.20. The van der Waals surface area contributed by atoms with Crippen LogP contribution in [0.25, 0.3) is 22.3 Å². The number of aliphatic hydroxyl groups is 4. The molecule has 268 valence electrons. The number of aliphatic hydroxyl groups excluding tert-OH is 4. The minimum atomic E-state index is -5.94. The van der Waals surface area contributed by atoms with E-state index in [1.807, 2.05) is 0 Å². The van der Waals surface area contributed by atoms with Crippen LogP contribution in [0.4, 0.5) is 11.6 Å². The molecule has 2 fully saturated rings. The monoisotopic (exact) mass is 756 g/mol. The highest BCUT2D eigenvalue weighted by Gasteiger charge is 2.50. The topological polar surface area (TPSA) is 387 Å². The summed E-state index contributed by atoms with van der Waals surface area (Å²) in [7, 11) is -17.2. The van der Waals surface area contributed by atoms with Crippen LogP contribution in [-0.4, -0.2) is 124 Å². The SMILES string of the molecule is Nc1ncnc2c1ncn2[C@@H]1O[C@H](COP(=O)(OC[C@H]2O[C@@H](n3cnc4c(N)ncnc43)C(O)C2O)OP(=O)(O)OP(=O)(O)O)C(O)C1O. The Morgan fingerprint density at radius 3 is 1.51 bits per heavy atom. The average molecular weight is 756 g/mol. The smallest absolute Gasteiger partial charge is 0.387 e. The summed E-state index contributed by atoms with van der Waals surface area (Å²) in [6.07, 6.45) is -8.25. The van der Waals surface area contributed by atoms with E-state index in [-0.39, 0.29) is 34.0 Å². The number of hydrogen-bond acceptors (Lipinski definition) is 21. The fraction of sp³-hybridized carbons (Fsp3) is 0.500. The maximum Gasteiger partial charge on any atom is 0.490 e. The van der Waals surface area contributed by atoms with Crippen molar-refractivity contribution in [2.75, 3.05) is 24.7 Å². The Kier molecular flexibility index (Phi) is 9.62. The van der Waals surface area contributed by atoms with Crippen LogP contribution in [0.1, 0.15) is 12.5 Å². The second kappa shape index (κ2) is 13.2. The highest BCUT2D eigenvalue weighted by atomic mass is 31.3. The van der Waals surface area contributed by atoms with Crippen molar-refractivity contribution < 1.29 is 75.9 Å². The zero-order chi connectivity index (χ0) is 35.5. The number of nitrogens with two attached hydrogens (primary N) is 2. The minimum absolute atomic E-state index is 0.00473. The summed E-state index contributed by atoms with van der Waals surface area (Å²) in [5, 5.41) is 42.7. The fourth-order valence-corrected chi connectivity index (χ4v) is 8.58. The Morgan fingerprint density at radius 1 is 0.673 bits per heavy atom. The lowest BCUT2D eigenvalue weighted by atomic mass is 10.1. The first-order valence-corrected chi connectivity index (χ1v) is 18.0. The summed E-state index contributed by atoms with van der Waals surface area (Å²) in [5.41, 5.74) is 12.1. The number of hydrogen-bond donors (Lipinski definition) is 9. The first kappa shape index (κ1) is 35.7. The quantitative estimate of drug-likeness (QED) is 0.0671. The lowest BCUT2D eigenvalue weighted by Gasteiger charge is -2.24. The zero-order valence-electron chi connectivity index (χ0n) is 24.2. The molecule has 26 nitrogen and oxygen atoms in total. The summed E-state index contributed by atoms with van der Waals surface area (Å²) in [6.45, 7) is -2.04. The normalized spacial score (nSPS) is 30.2. The molecule has 2 aliphatic heterocycles. The molecule has 5 unspecified atom stereocenters. The number of anilines is 2. The van der Waals surface area contributed by atoms with Crippen molar-refractivity contribution in [3.63, 3.8) is 0 Å². The van der Waals surface area contributed by atoms with Gasteiger partial charge in [0.15, 0.2) is 35.4 Å². The number of ether oxygens (including phenoxy) is 2. The summed E-state index contributed by atoms with van der Waals surface area (Å²) in [6, 6.07) is 0. The Labute approximate surface area is 271 Å². The lowest BCUT2D eigenvalue weighted by Crippen LogP contribution is -2.34. The maximum atomic E-state index is 13.6. The number of nitrogen functional groups attached to an aromatic ring is 2. The molecule has 9 atom stereocenters. The Bertz CT molecular complexity index is 1880. The van der Waals surface area contributed by atoms with Gasteiger partial charge in [-0.25, -0.2) is 43.6 Å². The van der Waals surface area contributed by atoms with Crippen LogP contribution in [0.2, 0.25) is 0 Å². The largest absolute Gasteiger partial charge is 0.490 e. The van der Waals surface area contributed by atoms with Gasteiger partial charge in [0.25, 0.3) is 0 Å². The molecule has 6 rings (SSSR count). The summed E-state index contributed by atoms with van der Waals surface area (Å²) in [4.78, 5) is 51.6. The van der Waals surface area contributed by atoms with Crippen molar-refractivity contribution in [1.82, 2.24) is 39.0 Å². The molecule has 6 heterocycles. The number of imidazole rings is 2. The molecule has 29 heteroatoms. The zero-order valence-corrected chi connectivity index (χ0v) is 26.9. The van der Waals surface area contributed by atoms with Gasteiger partial charge in [0, 0.05) is 0 Å². The average Bonchev–Trinajstić information content (AvgIpc) is 3.76. The number of nitrogens with zero attached hydrogens (tertiary/aromatic N) is 8. The second-order valence-corrected chi connectivity index (χ2v) is 15.1. The molecule has 0 aliphatic carbocycles. The van der Waals surface area contributed by atoms with Gasteiger partial charge >= 0.3 is 23.5 Å². The van der Waals surface area contributed by atoms with Gasteiger partial charge in [-0.2, -0.15) is 8.62 Å². The van der Waals surface area contributed by atoms with E-state index in [9.17, 15) is 39.0 Å². The highest BCUT2D eigenvalue weighted by molar-refractivity contribution is 7.66. The van der Waals surface area contributed by atoms with Crippen LogP contribution < -0.4 is 11.5 Å². The number of rotatable bonds is 12. The van der Waals surface area contributed by atoms with Gasteiger partial charge in [-0.05, 0) is 0 Å². The molecular formula is C20H27N10O16P3. The van der Waals surface area contributed by atoms with Gasteiger partial charge in [-0.15, -0.1) is 0 Å². The molecule has 0 spiro atoms. The molecule has 4 aromatic heterocycles. The van der Waals surface area contributed by atoms with Crippen molar-refractivity contribution in [3.05, 3.63) is 25.3 Å². The number of aromatic nitrogens is 8. The van der Waals surface area contributed by atoms with Crippen molar-refractivity contribution in [3.8, 4) is 0 Å². The van der Waals surface area contributed by atoms with E-state index < -0.39 is 85.8 Å². The maximum absolute atomic E-state index is 13.6. The van der Waals surface area contributed by atoms with Crippen LogP contribution in [0.3, 0.4) is 0 Å². The predicted molar refractivity (Wildman–Crippen MR) is 155 cm³/mol. The van der Waals surface area contributed by atoms with Gasteiger partial charge < -0.3 is 56.0 Å².